The third kappa shape index (κ3) is 3.59. The third-order valence-corrected chi connectivity index (χ3v) is 6.74. The molecule has 1 saturated heterocycles. The van der Waals surface area contributed by atoms with Crippen molar-refractivity contribution >= 4 is 27.9 Å². The third-order valence-electron chi connectivity index (χ3n) is 6.74. The zero-order chi connectivity index (χ0) is 24.1. The van der Waals surface area contributed by atoms with Crippen LogP contribution in [0, 0.1) is 0 Å². The molecule has 1 N–H and O–H groups in total. The first-order valence-electron chi connectivity index (χ1n) is 11.8. The number of pyridine rings is 1. The van der Waals surface area contributed by atoms with Gasteiger partial charge in [-0.1, -0.05) is 13.0 Å². The summed E-state index contributed by atoms with van der Waals surface area (Å²) in [5, 5.41) is 8.18. The molecule has 9 nitrogen and oxygen atoms in total. The van der Waals surface area contributed by atoms with E-state index in [1.165, 1.54) is 0 Å². The number of anilines is 1. The second kappa shape index (κ2) is 8.35. The van der Waals surface area contributed by atoms with E-state index in [-0.39, 0.29) is 17.8 Å². The molecule has 1 aromatic carbocycles. The van der Waals surface area contributed by atoms with Crippen molar-refractivity contribution in [3.8, 4) is 22.4 Å². The van der Waals surface area contributed by atoms with E-state index in [2.05, 4.69) is 33.4 Å². The Morgan fingerprint density at radius 1 is 1.14 bits per heavy atom. The Morgan fingerprint density at radius 2 is 2.00 bits per heavy atom. The SMILES string of the molecule is CCC1CC(n2c(=O)nc(-c3ccc(NC)nc3)c3oc4ccc(-c5cnn(C)c5)cc4c32)CO1. The van der Waals surface area contributed by atoms with Crippen LogP contribution < -0.4 is 11.0 Å². The van der Waals surface area contributed by atoms with Gasteiger partial charge in [0.05, 0.1) is 24.9 Å². The lowest BCUT2D eigenvalue weighted by molar-refractivity contribution is 0.104. The number of furan rings is 1. The van der Waals surface area contributed by atoms with E-state index in [1.54, 1.807) is 15.4 Å². The van der Waals surface area contributed by atoms with Crippen LogP contribution in [0.25, 0.3) is 44.5 Å². The lowest BCUT2D eigenvalue weighted by Gasteiger charge is -2.15. The average Bonchev–Trinajstić information content (AvgIpc) is 3.62. The first kappa shape index (κ1) is 21.5. The van der Waals surface area contributed by atoms with Gasteiger partial charge in [-0.2, -0.15) is 10.1 Å². The highest BCUT2D eigenvalue weighted by molar-refractivity contribution is 6.08. The van der Waals surface area contributed by atoms with Crippen LogP contribution in [-0.2, 0) is 11.8 Å². The highest BCUT2D eigenvalue weighted by Gasteiger charge is 2.30. The van der Waals surface area contributed by atoms with Crippen molar-refractivity contribution in [1.29, 1.82) is 0 Å². The number of fused-ring (bicyclic) bond motifs is 3. The number of aryl methyl sites for hydroxylation is 1. The van der Waals surface area contributed by atoms with Crippen molar-refractivity contribution in [3.05, 3.63) is 59.4 Å². The average molecular weight is 471 g/mol. The Labute approximate surface area is 201 Å². The van der Waals surface area contributed by atoms with Crippen molar-refractivity contribution in [2.75, 3.05) is 19.0 Å². The number of hydrogen-bond donors (Lipinski definition) is 1. The number of aromatic nitrogens is 5. The van der Waals surface area contributed by atoms with E-state index in [0.29, 0.717) is 23.5 Å². The molecule has 0 amide bonds. The van der Waals surface area contributed by atoms with Gasteiger partial charge in [-0.3, -0.25) is 9.25 Å². The summed E-state index contributed by atoms with van der Waals surface area (Å²) in [7, 11) is 3.70. The van der Waals surface area contributed by atoms with Crippen LogP contribution in [0.3, 0.4) is 0 Å². The van der Waals surface area contributed by atoms with Crippen LogP contribution in [0.15, 0.2) is 58.1 Å². The lowest BCUT2D eigenvalue weighted by Crippen LogP contribution is -2.28. The van der Waals surface area contributed by atoms with Crippen molar-refractivity contribution in [3.63, 3.8) is 0 Å². The highest BCUT2D eigenvalue weighted by atomic mass is 16.5. The van der Waals surface area contributed by atoms with E-state index in [1.807, 2.05) is 50.8 Å². The summed E-state index contributed by atoms with van der Waals surface area (Å²) in [6, 6.07) is 9.65. The molecule has 0 aliphatic carbocycles. The summed E-state index contributed by atoms with van der Waals surface area (Å²) in [4.78, 5) is 22.4. The van der Waals surface area contributed by atoms with Crippen LogP contribution in [0.5, 0.6) is 0 Å². The summed E-state index contributed by atoms with van der Waals surface area (Å²) in [5.41, 5.74) is 4.89. The molecule has 5 heterocycles. The molecule has 0 spiro atoms. The van der Waals surface area contributed by atoms with Crippen LogP contribution in [0.4, 0.5) is 5.82 Å². The fraction of sp³-hybridized carbons (Fsp3) is 0.308. The predicted octanol–water partition coefficient (Wildman–Crippen LogP) is 4.39. The molecule has 9 heteroatoms. The van der Waals surface area contributed by atoms with Crippen molar-refractivity contribution in [2.24, 2.45) is 7.05 Å². The fourth-order valence-corrected chi connectivity index (χ4v) is 4.90. The predicted molar refractivity (Wildman–Crippen MR) is 134 cm³/mol. The smallest absolute Gasteiger partial charge is 0.349 e. The van der Waals surface area contributed by atoms with Crippen LogP contribution in [-0.4, -0.2) is 44.1 Å². The maximum Gasteiger partial charge on any atom is 0.349 e. The van der Waals surface area contributed by atoms with Gasteiger partial charge in [0.25, 0.3) is 0 Å². The number of hydrogen-bond acceptors (Lipinski definition) is 7. The molecule has 178 valence electrons. The summed E-state index contributed by atoms with van der Waals surface area (Å²) >= 11 is 0. The van der Waals surface area contributed by atoms with E-state index < -0.39 is 0 Å². The Bertz CT molecular complexity index is 1600. The molecule has 1 fully saturated rings. The molecule has 35 heavy (non-hydrogen) atoms. The molecule has 0 radical (unpaired) electrons. The van der Waals surface area contributed by atoms with Crippen molar-refractivity contribution in [1.82, 2.24) is 24.3 Å². The second-order valence-corrected chi connectivity index (χ2v) is 8.94. The maximum atomic E-state index is 13.5. The minimum atomic E-state index is -0.315. The van der Waals surface area contributed by atoms with Gasteiger partial charge in [-0.15, -0.1) is 0 Å². The molecule has 1 aliphatic rings. The summed E-state index contributed by atoms with van der Waals surface area (Å²) in [5.74, 6) is 0.734. The number of benzene rings is 1. The molecule has 4 aromatic heterocycles. The van der Waals surface area contributed by atoms with Gasteiger partial charge in [0.1, 0.15) is 22.6 Å². The monoisotopic (exact) mass is 470 g/mol. The molecular formula is C26H26N6O3. The molecule has 2 unspecified atom stereocenters. The lowest BCUT2D eigenvalue weighted by atomic mass is 10.1. The van der Waals surface area contributed by atoms with Crippen molar-refractivity contribution < 1.29 is 9.15 Å². The quantitative estimate of drug-likeness (QED) is 0.407. The highest BCUT2D eigenvalue weighted by Crippen LogP contribution is 2.38. The Morgan fingerprint density at radius 3 is 2.69 bits per heavy atom. The number of nitrogens with zero attached hydrogens (tertiary/aromatic N) is 5. The summed E-state index contributed by atoms with van der Waals surface area (Å²) < 4.78 is 15.9. The molecule has 6 rings (SSSR count). The molecule has 0 saturated carbocycles. The molecule has 5 aromatic rings. The zero-order valence-corrected chi connectivity index (χ0v) is 19.9. The van der Waals surface area contributed by atoms with Crippen LogP contribution >= 0.6 is 0 Å². The normalized spacial score (nSPS) is 18.0. The fourth-order valence-electron chi connectivity index (χ4n) is 4.90. The first-order valence-corrected chi connectivity index (χ1v) is 11.8. The molecule has 2 atom stereocenters. The van der Waals surface area contributed by atoms with E-state index in [4.69, 9.17) is 9.15 Å². The summed E-state index contributed by atoms with van der Waals surface area (Å²) in [6.45, 7) is 2.57. The van der Waals surface area contributed by atoms with Crippen LogP contribution in [0.2, 0.25) is 0 Å². The minimum absolute atomic E-state index is 0.107. The van der Waals surface area contributed by atoms with Gasteiger partial charge >= 0.3 is 5.69 Å². The van der Waals surface area contributed by atoms with Crippen LogP contribution in [0.1, 0.15) is 25.8 Å². The number of nitrogens with one attached hydrogen (secondary N) is 1. The standard InChI is InChI=1S/C26H26N6O3/c1-4-19-10-18(14-34-19)32-24-20-9-15(17-12-29-31(3)13-17)5-7-21(20)35-25(24)23(30-26(32)33)16-6-8-22(27-2)28-11-16/h5-9,11-13,18-19H,4,10,14H2,1-3H3,(H,27,28). The molecule has 1 aliphatic heterocycles. The van der Waals surface area contributed by atoms with Gasteiger partial charge in [0.2, 0.25) is 0 Å². The van der Waals surface area contributed by atoms with Gasteiger partial charge < -0.3 is 14.5 Å². The Hall–Kier alpha value is -3.98. The van der Waals surface area contributed by atoms with Gasteiger partial charge in [-0.25, -0.2) is 9.78 Å². The van der Waals surface area contributed by atoms with Gasteiger partial charge in [-0.05, 0) is 42.7 Å². The number of rotatable bonds is 5. The topological polar surface area (TPSA) is 100 Å². The molecular weight excluding hydrogens is 444 g/mol. The second-order valence-electron chi connectivity index (χ2n) is 8.94. The summed E-state index contributed by atoms with van der Waals surface area (Å²) in [6.07, 6.45) is 7.30. The van der Waals surface area contributed by atoms with Gasteiger partial charge in [0, 0.05) is 43.0 Å². The largest absolute Gasteiger partial charge is 0.452 e. The minimum Gasteiger partial charge on any atom is -0.452 e. The zero-order valence-electron chi connectivity index (χ0n) is 19.9. The van der Waals surface area contributed by atoms with Gasteiger partial charge in [0.15, 0.2) is 5.58 Å². The Balaban J connectivity index is 1.63. The first-order chi connectivity index (χ1) is 17.1. The van der Waals surface area contributed by atoms with E-state index >= 15 is 0 Å². The molecule has 0 bridgehead atoms. The van der Waals surface area contributed by atoms with E-state index in [9.17, 15) is 4.79 Å². The maximum absolute atomic E-state index is 13.5. The number of ether oxygens (including phenoxy) is 1. The Kier molecular flexibility index (Phi) is 5.14. The van der Waals surface area contributed by atoms with Crippen molar-refractivity contribution in [2.45, 2.75) is 31.9 Å². The van der Waals surface area contributed by atoms with E-state index in [0.717, 1.165) is 46.3 Å².